The van der Waals surface area contributed by atoms with E-state index in [9.17, 15) is 0 Å². The number of halogens is 1. The number of hydrogen-bond acceptors (Lipinski definition) is 2. The molecule has 0 radical (unpaired) electrons. The molecule has 0 aliphatic heterocycles. The highest BCUT2D eigenvalue weighted by Crippen LogP contribution is 2.45. The van der Waals surface area contributed by atoms with Crippen LogP contribution in [0.5, 0.6) is 0 Å². The Morgan fingerprint density at radius 3 is 2.72 bits per heavy atom. The monoisotopic (exact) mass is 452 g/mol. The number of fused-ring (bicyclic) bond motifs is 6. The van der Waals surface area contributed by atoms with Crippen LogP contribution in [0.1, 0.15) is 0 Å². The molecule has 0 aliphatic carbocycles. The normalized spacial score (nSPS) is 13.0. The fraction of sp³-hybridized carbons (Fsp3) is 0. The van der Waals surface area contributed by atoms with Gasteiger partial charge in [-0.25, -0.2) is 0 Å². The van der Waals surface area contributed by atoms with E-state index in [2.05, 4.69) is 77.9 Å². The molecule has 0 amide bonds. The minimum atomic E-state index is 0.956. The summed E-state index contributed by atoms with van der Waals surface area (Å²) in [6, 6.07) is 15.3. The summed E-state index contributed by atoms with van der Waals surface area (Å²) in [4.78, 5) is 1.28. The van der Waals surface area contributed by atoms with Crippen molar-refractivity contribution < 1.29 is 4.42 Å². The second-order valence-corrected chi connectivity index (χ2v) is 8.31. The van der Waals surface area contributed by atoms with Crippen LogP contribution >= 0.6 is 34.2 Å². The van der Waals surface area contributed by atoms with Gasteiger partial charge in [-0.15, -0.1) is 11.3 Å². The standard InChI is InChI=1S/C20H9IN2OS/c21-23-13-3-1-2-12-16(13)17-14(23)5-4-10-11-7-9-25-20(11)22(18(10)17)15-6-8-24-19(12)15/h1-9H. The highest BCUT2D eigenvalue weighted by atomic mass is 127. The van der Waals surface area contributed by atoms with Crippen molar-refractivity contribution in [2.45, 2.75) is 0 Å². The summed E-state index contributed by atoms with van der Waals surface area (Å²) < 4.78 is 10.7. The SMILES string of the molecule is In1c2cccc3c4occc4n4c5sccc5c5ccc1c(c32)c54. The van der Waals surface area contributed by atoms with Gasteiger partial charge in [-0.1, -0.05) is 18.2 Å². The molecule has 2 aromatic carbocycles. The Labute approximate surface area is 158 Å². The van der Waals surface area contributed by atoms with Crippen molar-refractivity contribution in [1.82, 2.24) is 7.18 Å². The number of hydrogen-bond donors (Lipinski definition) is 0. The third-order valence-corrected chi connectivity index (χ3v) is 7.30. The Bertz CT molecular complexity index is 1610. The second kappa shape index (κ2) is 4.11. The van der Waals surface area contributed by atoms with Crippen molar-refractivity contribution in [3.63, 3.8) is 0 Å². The van der Waals surface area contributed by atoms with Crippen molar-refractivity contribution in [3.8, 4) is 0 Å². The summed E-state index contributed by atoms with van der Waals surface area (Å²) in [5.41, 5.74) is 5.89. The maximum Gasteiger partial charge on any atom is 0.158 e. The molecule has 0 saturated carbocycles. The largest absolute Gasteiger partial charge is 0.462 e. The van der Waals surface area contributed by atoms with Gasteiger partial charge in [-0.3, -0.25) is 7.18 Å². The number of aromatic nitrogens is 2. The van der Waals surface area contributed by atoms with Crippen molar-refractivity contribution in [2.24, 2.45) is 0 Å². The van der Waals surface area contributed by atoms with Crippen molar-refractivity contribution in [1.29, 1.82) is 0 Å². The molecule has 5 heteroatoms. The van der Waals surface area contributed by atoms with E-state index in [1.165, 1.54) is 48.3 Å². The first-order chi connectivity index (χ1) is 12.3. The fourth-order valence-electron chi connectivity index (χ4n) is 4.42. The lowest BCUT2D eigenvalue weighted by molar-refractivity contribution is 0.619. The molecule has 5 aromatic heterocycles. The average molecular weight is 452 g/mol. The molecule has 118 valence electrons. The van der Waals surface area contributed by atoms with Crippen LogP contribution in [0.25, 0.3) is 59.4 Å². The molecule has 7 rings (SSSR count). The van der Waals surface area contributed by atoms with Crippen LogP contribution in [0.4, 0.5) is 0 Å². The Hall–Kier alpha value is -2.25. The van der Waals surface area contributed by atoms with Crippen LogP contribution in [-0.2, 0) is 0 Å². The van der Waals surface area contributed by atoms with Crippen LogP contribution in [-0.4, -0.2) is 7.18 Å². The van der Waals surface area contributed by atoms with E-state index in [-0.39, 0.29) is 0 Å². The Morgan fingerprint density at radius 2 is 1.76 bits per heavy atom. The highest BCUT2D eigenvalue weighted by molar-refractivity contribution is 14.1. The van der Waals surface area contributed by atoms with E-state index < -0.39 is 0 Å². The van der Waals surface area contributed by atoms with E-state index in [4.69, 9.17) is 4.42 Å². The lowest BCUT2D eigenvalue weighted by Crippen LogP contribution is -1.83. The number of thiophene rings is 1. The lowest BCUT2D eigenvalue weighted by atomic mass is 10.1. The zero-order valence-corrected chi connectivity index (χ0v) is 15.8. The first kappa shape index (κ1) is 13.0. The molecule has 3 nitrogen and oxygen atoms in total. The molecule has 0 aliphatic rings. The summed E-state index contributed by atoms with van der Waals surface area (Å²) in [6.07, 6.45) is 1.81. The third-order valence-electron chi connectivity index (χ3n) is 5.36. The zero-order valence-electron chi connectivity index (χ0n) is 12.8. The van der Waals surface area contributed by atoms with Crippen molar-refractivity contribution in [3.05, 3.63) is 54.1 Å². The van der Waals surface area contributed by atoms with Gasteiger partial charge in [0, 0.05) is 33.0 Å². The first-order valence-electron chi connectivity index (χ1n) is 8.07. The maximum absolute atomic E-state index is 6.00. The summed E-state index contributed by atoms with van der Waals surface area (Å²) in [5.74, 6) is 0. The van der Waals surface area contributed by atoms with Crippen molar-refractivity contribution >= 4 is 93.6 Å². The van der Waals surface area contributed by atoms with E-state index in [0.29, 0.717) is 0 Å². The molecule has 0 saturated heterocycles. The number of benzene rings is 2. The predicted molar refractivity (Wildman–Crippen MR) is 114 cm³/mol. The number of rotatable bonds is 0. The number of furan rings is 1. The van der Waals surface area contributed by atoms with Crippen LogP contribution < -0.4 is 0 Å². The lowest BCUT2D eigenvalue weighted by Gasteiger charge is -1.99. The molecule has 7 aromatic rings. The van der Waals surface area contributed by atoms with Gasteiger partial charge in [0.05, 0.1) is 51.2 Å². The minimum Gasteiger partial charge on any atom is -0.462 e. The van der Waals surface area contributed by atoms with Gasteiger partial charge in [0.25, 0.3) is 0 Å². The van der Waals surface area contributed by atoms with Crippen LogP contribution in [0.15, 0.2) is 58.5 Å². The van der Waals surface area contributed by atoms with Gasteiger partial charge in [0.2, 0.25) is 0 Å². The van der Waals surface area contributed by atoms with E-state index in [1.54, 1.807) is 17.6 Å². The Balaban J connectivity index is 2.10. The summed E-state index contributed by atoms with van der Waals surface area (Å²) >= 11 is 4.20. The van der Waals surface area contributed by atoms with Crippen LogP contribution in [0.3, 0.4) is 0 Å². The summed E-state index contributed by atoms with van der Waals surface area (Å²) in [7, 11) is 0. The predicted octanol–water partition coefficient (Wildman–Crippen LogP) is 6.80. The molecule has 0 fully saturated rings. The van der Waals surface area contributed by atoms with Gasteiger partial charge in [-0.2, -0.15) is 0 Å². The second-order valence-electron chi connectivity index (χ2n) is 6.45. The molecular weight excluding hydrogens is 443 g/mol. The molecule has 0 atom stereocenters. The van der Waals surface area contributed by atoms with Gasteiger partial charge < -0.3 is 4.42 Å². The molecule has 5 heterocycles. The molecule has 0 N–H and O–H groups in total. The third kappa shape index (κ3) is 1.30. The van der Waals surface area contributed by atoms with Crippen molar-refractivity contribution in [2.75, 3.05) is 0 Å². The molecular formula is C20H9IN2OS. The van der Waals surface area contributed by atoms with Crippen LogP contribution in [0, 0.1) is 0 Å². The highest BCUT2D eigenvalue weighted by Gasteiger charge is 2.22. The Kier molecular flexibility index (Phi) is 2.14. The van der Waals surface area contributed by atoms with Gasteiger partial charge in [-0.05, 0) is 23.6 Å². The van der Waals surface area contributed by atoms with Gasteiger partial charge >= 0.3 is 0 Å². The smallest absolute Gasteiger partial charge is 0.158 e. The topological polar surface area (TPSA) is 22.5 Å². The van der Waals surface area contributed by atoms with E-state index in [1.807, 2.05) is 0 Å². The molecule has 0 spiro atoms. The van der Waals surface area contributed by atoms with E-state index in [0.717, 1.165) is 11.1 Å². The minimum absolute atomic E-state index is 0.956. The van der Waals surface area contributed by atoms with E-state index >= 15 is 0 Å². The van der Waals surface area contributed by atoms with Gasteiger partial charge in [0.15, 0.2) is 5.58 Å². The van der Waals surface area contributed by atoms with Crippen LogP contribution in [0.2, 0.25) is 0 Å². The average Bonchev–Trinajstić information content (AvgIpc) is 3.36. The quantitative estimate of drug-likeness (QED) is 0.232. The number of nitrogens with zero attached hydrogens (tertiary/aromatic N) is 2. The fourth-order valence-corrected chi connectivity index (χ4v) is 6.15. The first-order valence-corrected chi connectivity index (χ1v) is 9.91. The molecule has 25 heavy (non-hydrogen) atoms. The molecule has 0 bridgehead atoms. The zero-order chi connectivity index (χ0) is 16.3. The summed E-state index contributed by atoms with van der Waals surface area (Å²) in [6.45, 7) is 0. The molecule has 0 unspecified atom stereocenters. The summed E-state index contributed by atoms with van der Waals surface area (Å²) in [5, 5.41) is 8.61. The maximum atomic E-state index is 6.00. The Morgan fingerprint density at radius 1 is 0.840 bits per heavy atom. The van der Waals surface area contributed by atoms with Gasteiger partial charge in [0.1, 0.15) is 4.83 Å².